The molecule has 0 saturated carbocycles. The summed E-state index contributed by atoms with van der Waals surface area (Å²) < 4.78 is 26.4. The van der Waals surface area contributed by atoms with Crippen molar-refractivity contribution < 1.29 is 13.2 Å². The number of fused-ring (bicyclic) bond motifs is 1. The normalized spacial score (nSPS) is 11.6. The van der Waals surface area contributed by atoms with E-state index < -0.39 is 10.0 Å². The predicted molar refractivity (Wildman–Crippen MR) is 98.4 cm³/mol. The van der Waals surface area contributed by atoms with Gasteiger partial charge in [0.2, 0.25) is 10.0 Å². The van der Waals surface area contributed by atoms with Crippen LogP contribution in [0.2, 0.25) is 0 Å². The summed E-state index contributed by atoms with van der Waals surface area (Å²) in [6.45, 7) is 3.69. The Balaban J connectivity index is 1.91. The molecule has 0 spiro atoms. The number of carbonyl (C=O) groups is 1. The summed E-state index contributed by atoms with van der Waals surface area (Å²) in [5.74, 6) is -0.328. The number of aromatic nitrogens is 1. The molecular formula is C18H19N3O3S. The first-order valence-corrected chi connectivity index (χ1v) is 9.23. The Hall–Kier alpha value is -2.64. The molecule has 0 unspecified atom stereocenters. The van der Waals surface area contributed by atoms with Crippen LogP contribution in [0.15, 0.2) is 47.4 Å². The van der Waals surface area contributed by atoms with Crippen LogP contribution < -0.4 is 10.0 Å². The lowest BCUT2D eigenvalue weighted by Gasteiger charge is -2.10. The fourth-order valence-corrected chi connectivity index (χ4v) is 3.63. The van der Waals surface area contributed by atoms with Gasteiger partial charge in [0.25, 0.3) is 5.91 Å². The van der Waals surface area contributed by atoms with Crippen LogP contribution in [0.4, 0.5) is 5.69 Å². The molecule has 0 aliphatic heterocycles. The Labute approximate surface area is 146 Å². The third-order valence-corrected chi connectivity index (χ3v) is 5.58. The molecule has 130 valence electrons. The number of aromatic amines is 1. The van der Waals surface area contributed by atoms with E-state index >= 15 is 0 Å². The van der Waals surface area contributed by atoms with Crippen LogP contribution in [0.3, 0.4) is 0 Å². The van der Waals surface area contributed by atoms with Crippen LogP contribution >= 0.6 is 0 Å². The van der Waals surface area contributed by atoms with Crippen molar-refractivity contribution in [2.45, 2.75) is 18.7 Å². The van der Waals surface area contributed by atoms with Crippen molar-refractivity contribution in [1.82, 2.24) is 9.71 Å². The van der Waals surface area contributed by atoms with E-state index in [1.165, 1.54) is 13.1 Å². The van der Waals surface area contributed by atoms with Crippen molar-refractivity contribution in [3.8, 4) is 0 Å². The third-order valence-electron chi connectivity index (χ3n) is 4.03. The lowest BCUT2D eigenvalue weighted by Crippen LogP contribution is -2.20. The Bertz CT molecular complexity index is 1070. The molecule has 1 heterocycles. The molecule has 1 amide bonds. The SMILES string of the molecule is CNS(=O)(=O)c1cc(NC(=O)c2cc3ccc(C)cc3[nH]2)ccc1C. The Morgan fingerprint density at radius 3 is 2.52 bits per heavy atom. The highest BCUT2D eigenvalue weighted by atomic mass is 32.2. The molecule has 6 nitrogen and oxygen atoms in total. The fraction of sp³-hybridized carbons (Fsp3) is 0.167. The maximum atomic E-state index is 12.5. The third kappa shape index (κ3) is 3.42. The number of H-pyrrole nitrogens is 1. The van der Waals surface area contributed by atoms with E-state index in [0.717, 1.165) is 16.5 Å². The molecule has 0 radical (unpaired) electrons. The number of nitrogens with one attached hydrogen (secondary N) is 3. The summed E-state index contributed by atoms with van der Waals surface area (Å²) in [5.41, 5.74) is 3.42. The monoisotopic (exact) mass is 357 g/mol. The number of hydrogen-bond acceptors (Lipinski definition) is 3. The zero-order valence-electron chi connectivity index (χ0n) is 14.2. The molecule has 25 heavy (non-hydrogen) atoms. The maximum Gasteiger partial charge on any atom is 0.272 e. The van der Waals surface area contributed by atoms with Crippen molar-refractivity contribution in [2.24, 2.45) is 0 Å². The van der Waals surface area contributed by atoms with Gasteiger partial charge in [-0.2, -0.15) is 0 Å². The van der Waals surface area contributed by atoms with Gasteiger partial charge in [0.15, 0.2) is 0 Å². The molecule has 2 aromatic carbocycles. The topological polar surface area (TPSA) is 91.1 Å². The molecule has 0 atom stereocenters. The molecule has 3 N–H and O–H groups in total. The van der Waals surface area contributed by atoms with Crippen LogP contribution in [-0.4, -0.2) is 26.4 Å². The van der Waals surface area contributed by atoms with E-state index in [4.69, 9.17) is 0 Å². The van der Waals surface area contributed by atoms with Gasteiger partial charge in [0.1, 0.15) is 5.69 Å². The minimum atomic E-state index is -3.59. The van der Waals surface area contributed by atoms with E-state index in [9.17, 15) is 13.2 Å². The van der Waals surface area contributed by atoms with Crippen molar-refractivity contribution >= 4 is 32.5 Å². The van der Waals surface area contributed by atoms with Gasteiger partial charge in [-0.15, -0.1) is 0 Å². The zero-order valence-corrected chi connectivity index (χ0v) is 15.0. The Kier molecular flexibility index (Phi) is 4.36. The number of aryl methyl sites for hydroxylation is 2. The van der Waals surface area contributed by atoms with Crippen molar-refractivity contribution in [3.05, 3.63) is 59.3 Å². The van der Waals surface area contributed by atoms with Gasteiger partial charge in [-0.3, -0.25) is 4.79 Å². The first-order chi connectivity index (χ1) is 11.8. The van der Waals surface area contributed by atoms with Crippen LogP contribution in [0, 0.1) is 13.8 Å². The second-order valence-electron chi connectivity index (χ2n) is 5.92. The summed E-state index contributed by atoms with van der Waals surface area (Å²) in [4.78, 5) is 15.7. The van der Waals surface area contributed by atoms with Crippen molar-refractivity contribution in [2.75, 3.05) is 12.4 Å². The fourth-order valence-electron chi connectivity index (χ4n) is 2.64. The van der Waals surface area contributed by atoms with E-state index in [0.29, 0.717) is 16.9 Å². The number of benzene rings is 2. The van der Waals surface area contributed by atoms with Crippen LogP contribution in [-0.2, 0) is 10.0 Å². The molecular weight excluding hydrogens is 338 g/mol. The van der Waals surface area contributed by atoms with Gasteiger partial charge < -0.3 is 10.3 Å². The highest BCUT2D eigenvalue weighted by Gasteiger charge is 2.16. The molecule has 0 saturated heterocycles. The lowest BCUT2D eigenvalue weighted by atomic mass is 10.2. The van der Waals surface area contributed by atoms with Crippen molar-refractivity contribution in [1.29, 1.82) is 0 Å². The number of amides is 1. The maximum absolute atomic E-state index is 12.5. The number of carbonyl (C=O) groups excluding carboxylic acids is 1. The Morgan fingerprint density at radius 2 is 1.80 bits per heavy atom. The Morgan fingerprint density at radius 1 is 1.04 bits per heavy atom. The van der Waals surface area contributed by atoms with Crippen LogP contribution in [0.5, 0.6) is 0 Å². The molecule has 3 rings (SSSR count). The summed E-state index contributed by atoms with van der Waals surface area (Å²) in [6, 6.07) is 12.4. The summed E-state index contributed by atoms with van der Waals surface area (Å²) in [7, 11) is -2.23. The van der Waals surface area contributed by atoms with Crippen LogP contribution in [0.25, 0.3) is 10.9 Å². The number of anilines is 1. The smallest absolute Gasteiger partial charge is 0.272 e. The summed E-state index contributed by atoms with van der Waals surface area (Å²) in [5, 5.41) is 3.68. The van der Waals surface area contributed by atoms with Crippen molar-refractivity contribution in [3.63, 3.8) is 0 Å². The average molecular weight is 357 g/mol. The van der Waals surface area contributed by atoms with Gasteiger partial charge >= 0.3 is 0 Å². The standard InChI is InChI=1S/C18H19N3O3S/c1-11-4-6-13-9-16(21-15(13)8-11)18(22)20-14-7-5-12(2)17(10-14)25(23,24)19-3/h4-10,19,21H,1-3H3,(H,20,22). The molecule has 0 fully saturated rings. The average Bonchev–Trinajstić information content (AvgIpc) is 2.99. The second-order valence-corrected chi connectivity index (χ2v) is 7.77. The van der Waals surface area contributed by atoms with E-state index in [1.54, 1.807) is 25.1 Å². The molecule has 1 aromatic heterocycles. The summed E-state index contributed by atoms with van der Waals surface area (Å²) >= 11 is 0. The molecule has 0 aliphatic carbocycles. The quantitative estimate of drug-likeness (QED) is 0.670. The predicted octanol–water partition coefficient (Wildman–Crippen LogP) is 2.95. The van der Waals surface area contributed by atoms with Crippen LogP contribution in [0.1, 0.15) is 21.6 Å². The molecule has 3 aromatic rings. The number of rotatable bonds is 4. The molecule has 0 aliphatic rings. The highest BCUT2D eigenvalue weighted by Crippen LogP contribution is 2.22. The molecule has 0 bridgehead atoms. The largest absolute Gasteiger partial charge is 0.351 e. The molecule has 7 heteroatoms. The summed E-state index contributed by atoms with van der Waals surface area (Å²) in [6.07, 6.45) is 0. The van der Waals surface area contributed by atoms with E-state index in [2.05, 4.69) is 15.0 Å². The van der Waals surface area contributed by atoms with Gasteiger partial charge in [-0.1, -0.05) is 18.2 Å². The zero-order chi connectivity index (χ0) is 18.2. The van der Waals surface area contributed by atoms with Gasteiger partial charge in [0.05, 0.1) is 4.90 Å². The number of hydrogen-bond donors (Lipinski definition) is 3. The second kappa shape index (κ2) is 6.34. The van der Waals surface area contributed by atoms with Gasteiger partial charge in [0, 0.05) is 16.6 Å². The van der Waals surface area contributed by atoms with Gasteiger partial charge in [-0.25, -0.2) is 13.1 Å². The number of sulfonamides is 1. The minimum absolute atomic E-state index is 0.139. The van der Waals surface area contributed by atoms with E-state index in [1.807, 2.05) is 25.1 Å². The first-order valence-electron chi connectivity index (χ1n) is 7.75. The highest BCUT2D eigenvalue weighted by molar-refractivity contribution is 7.89. The van der Waals surface area contributed by atoms with Gasteiger partial charge in [-0.05, 0) is 56.3 Å². The first kappa shape index (κ1) is 17.2. The minimum Gasteiger partial charge on any atom is -0.351 e. The van der Waals surface area contributed by atoms with E-state index in [-0.39, 0.29) is 10.8 Å². The lowest BCUT2D eigenvalue weighted by molar-refractivity contribution is 0.102.